The molecule has 2 aliphatic rings. The first kappa shape index (κ1) is 27.0. The van der Waals surface area contributed by atoms with Crippen LogP contribution in [0.3, 0.4) is 0 Å². The van der Waals surface area contributed by atoms with Crippen LogP contribution in [0.25, 0.3) is 0 Å². The molecule has 0 unspecified atom stereocenters. The third kappa shape index (κ3) is 6.82. The van der Waals surface area contributed by atoms with Crippen LogP contribution in [0.5, 0.6) is 11.6 Å². The highest BCUT2D eigenvalue weighted by Gasteiger charge is 2.34. The second-order valence-corrected chi connectivity index (χ2v) is 10.5. The molecule has 0 spiro atoms. The first-order chi connectivity index (χ1) is 17.9. The third-order valence-corrected chi connectivity index (χ3v) is 7.50. The molecule has 37 heavy (non-hydrogen) atoms. The van der Waals surface area contributed by atoms with Crippen molar-refractivity contribution in [1.82, 2.24) is 14.8 Å². The van der Waals surface area contributed by atoms with Crippen LogP contribution in [0.15, 0.2) is 36.5 Å². The summed E-state index contributed by atoms with van der Waals surface area (Å²) in [5.41, 5.74) is 1.86. The van der Waals surface area contributed by atoms with E-state index in [1.807, 2.05) is 31.2 Å². The van der Waals surface area contributed by atoms with E-state index in [4.69, 9.17) is 9.47 Å². The minimum absolute atomic E-state index is 0.0773. The van der Waals surface area contributed by atoms with Gasteiger partial charge in [0.25, 0.3) is 5.91 Å². The van der Waals surface area contributed by atoms with Crippen molar-refractivity contribution < 1.29 is 19.4 Å². The number of aliphatic hydroxyl groups excluding tert-OH is 1. The molecule has 0 radical (unpaired) electrons. The summed E-state index contributed by atoms with van der Waals surface area (Å²) in [4.78, 5) is 22.3. The number of amides is 1. The average molecular weight is 506 g/mol. The first-order valence-corrected chi connectivity index (χ1v) is 13.3. The van der Waals surface area contributed by atoms with Crippen molar-refractivity contribution in [3.05, 3.63) is 53.2 Å². The number of hydrogen-bond acceptors (Lipinski definition) is 6. The maximum Gasteiger partial charge on any atom is 0.259 e. The van der Waals surface area contributed by atoms with Gasteiger partial charge in [0.05, 0.1) is 19.8 Å². The summed E-state index contributed by atoms with van der Waals surface area (Å²) in [5, 5.41) is 9.89. The zero-order chi connectivity index (χ0) is 26.4. The number of pyridine rings is 1. The van der Waals surface area contributed by atoms with Crippen molar-refractivity contribution >= 4 is 5.91 Å². The van der Waals surface area contributed by atoms with Gasteiger partial charge in [-0.1, -0.05) is 31.6 Å². The lowest BCUT2D eigenvalue weighted by Gasteiger charge is -2.38. The van der Waals surface area contributed by atoms with E-state index in [1.54, 1.807) is 24.3 Å². The number of aliphatic hydroxyl groups is 1. The van der Waals surface area contributed by atoms with Gasteiger partial charge in [-0.05, 0) is 63.1 Å². The molecule has 7 heteroatoms. The van der Waals surface area contributed by atoms with Gasteiger partial charge < -0.3 is 24.4 Å². The molecule has 1 aliphatic carbocycles. The molecule has 1 aliphatic heterocycles. The van der Waals surface area contributed by atoms with Gasteiger partial charge in [-0.15, -0.1) is 0 Å². The van der Waals surface area contributed by atoms with E-state index in [0.717, 1.165) is 30.3 Å². The van der Waals surface area contributed by atoms with Crippen LogP contribution in [-0.2, 0) is 0 Å². The fourth-order valence-electron chi connectivity index (χ4n) is 5.22. The number of carbonyl (C=O) groups is 1. The summed E-state index contributed by atoms with van der Waals surface area (Å²) in [5.74, 6) is 7.98. The molecule has 1 aromatic carbocycles. The Morgan fingerprint density at radius 2 is 1.89 bits per heavy atom. The smallest absolute Gasteiger partial charge is 0.259 e. The average Bonchev–Trinajstić information content (AvgIpc) is 3.42. The van der Waals surface area contributed by atoms with Gasteiger partial charge in [0.15, 0.2) is 0 Å². The summed E-state index contributed by atoms with van der Waals surface area (Å²) in [6.45, 7) is 6.19. The lowest BCUT2D eigenvalue weighted by molar-refractivity contribution is 0.0320. The Hall–Kier alpha value is -3.08. The lowest BCUT2D eigenvalue weighted by atomic mass is 9.99. The standard InChI is InChI=1S/C30H39N3O4/c1-21-17-33(22(2)20-34)30(35)27-15-25(10-9-23-11-13-26(36-4)14-12-23)16-31-29(27)37-28(21)19-32(3)18-24-7-5-6-8-24/h11-16,21-22,24,28,34H,5-8,17-20H2,1-4H3/t21-,22-,28-/m0/s1. The monoisotopic (exact) mass is 505 g/mol. The molecular weight excluding hydrogens is 466 g/mol. The Balaban J connectivity index is 1.60. The van der Waals surface area contributed by atoms with E-state index < -0.39 is 0 Å². The second kappa shape index (κ2) is 12.4. The highest BCUT2D eigenvalue weighted by molar-refractivity contribution is 5.97. The molecule has 0 saturated heterocycles. The minimum atomic E-state index is -0.313. The molecule has 1 aromatic heterocycles. The Bertz CT molecular complexity index is 1120. The molecular formula is C30H39N3O4. The molecule has 4 rings (SSSR count). The fraction of sp³-hybridized carbons (Fsp3) is 0.533. The maximum absolute atomic E-state index is 13.6. The number of benzene rings is 1. The van der Waals surface area contributed by atoms with Crippen LogP contribution in [0.4, 0.5) is 0 Å². The molecule has 2 aromatic rings. The van der Waals surface area contributed by atoms with Crippen molar-refractivity contribution in [3.8, 4) is 23.5 Å². The van der Waals surface area contributed by atoms with Gasteiger partial charge in [-0.25, -0.2) is 4.98 Å². The van der Waals surface area contributed by atoms with E-state index in [2.05, 4.69) is 35.7 Å². The molecule has 1 amide bonds. The minimum Gasteiger partial charge on any atom is -0.497 e. The fourth-order valence-corrected chi connectivity index (χ4v) is 5.22. The van der Waals surface area contributed by atoms with Crippen LogP contribution < -0.4 is 9.47 Å². The SMILES string of the molecule is COc1ccc(C#Cc2cnc3c(c2)C(=O)N([C@@H](C)CO)C[C@H](C)[C@H](CN(C)CC2CCCC2)O3)cc1. The number of aromatic nitrogens is 1. The summed E-state index contributed by atoms with van der Waals surface area (Å²) in [6.07, 6.45) is 6.78. The number of rotatable bonds is 7. The van der Waals surface area contributed by atoms with E-state index in [9.17, 15) is 9.90 Å². The third-order valence-electron chi connectivity index (χ3n) is 7.50. The largest absolute Gasteiger partial charge is 0.497 e. The van der Waals surface area contributed by atoms with E-state index >= 15 is 0 Å². The van der Waals surface area contributed by atoms with Gasteiger partial charge in [-0.2, -0.15) is 0 Å². The number of likely N-dealkylation sites (N-methyl/N-ethyl adjacent to an activating group) is 1. The maximum atomic E-state index is 13.6. The Labute approximate surface area is 220 Å². The van der Waals surface area contributed by atoms with E-state index in [1.165, 1.54) is 25.7 Å². The first-order valence-electron chi connectivity index (χ1n) is 13.3. The lowest BCUT2D eigenvalue weighted by Crippen LogP contribution is -2.50. The molecule has 2 heterocycles. The topological polar surface area (TPSA) is 75.1 Å². The van der Waals surface area contributed by atoms with Crippen LogP contribution in [0.1, 0.15) is 61.0 Å². The number of methoxy groups -OCH3 is 1. The van der Waals surface area contributed by atoms with Crippen LogP contribution in [-0.4, -0.2) is 78.3 Å². The Morgan fingerprint density at radius 1 is 1.19 bits per heavy atom. The molecule has 1 fully saturated rings. The summed E-state index contributed by atoms with van der Waals surface area (Å²) < 4.78 is 11.6. The van der Waals surface area contributed by atoms with Gasteiger partial charge in [0, 0.05) is 42.9 Å². The molecule has 198 valence electrons. The number of ether oxygens (including phenoxy) is 2. The zero-order valence-corrected chi connectivity index (χ0v) is 22.4. The normalized spacial score (nSPS) is 20.9. The van der Waals surface area contributed by atoms with Crippen molar-refractivity contribution in [2.75, 3.05) is 40.4 Å². The van der Waals surface area contributed by atoms with Crippen LogP contribution in [0.2, 0.25) is 0 Å². The molecule has 3 atom stereocenters. The van der Waals surface area contributed by atoms with Crippen molar-refractivity contribution in [2.45, 2.75) is 51.7 Å². The number of nitrogens with zero attached hydrogens (tertiary/aromatic N) is 3. The van der Waals surface area contributed by atoms with Gasteiger partial charge in [-0.3, -0.25) is 4.79 Å². The Morgan fingerprint density at radius 3 is 2.57 bits per heavy atom. The van der Waals surface area contributed by atoms with Crippen molar-refractivity contribution in [2.24, 2.45) is 11.8 Å². The van der Waals surface area contributed by atoms with Gasteiger partial charge in [0.1, 0.15) is 17.4 Å². The van der Waals surface area contributed by atoms with Crippen LogP contribution >= 0.6 is 0 Å². The highest BCUT2D eigenvalue weighted by Crippen LogP contribution is 2.29. The summed E-state index contributed by atoms with van der Waals surface area (Å²) in [7, 11) is 3.78. The molecule has 7 nitrogen and oxygen atoms in total. The van der Waals surface area contributed by atoms with Gasteiger partial charge >= 0.3 is 0 Å². The quantitative estimate of drug-likeness (QED) is 0.577. The predicted octanol–water partition coefficient (Wildman–Crippen LogP) is 3.83. The van der Waals surface area contributed by atoms with E-state index in [-0.39, 0.29) is 30.6 Å². The van der Waals surface area contributed by atoms with Crippen molar-refractivity contribution in [3.63, 3.8) is 0 Å². The molecule has 1 saturated carbocycles. The Kier molecular flexibility index (Phi) is 9.07. The molecule has 0 bridgehead atoms. The highest BCUT2D eigenvalue weighted by atomic mass is 16.5. The van der Waals surface area contributed by atoms with Crippen LogP contribution in [0, 0.1) is 23.7 Å². The predicted molar refractivity (Wildman–Crippen MR) is 144 cm³/mol. The van der Waals surface area contributed by atoms with E-state index in [0.29, 0.717) is 23.6 Å². The number of carbonyl (C=O) groups excluding carboxylic acids is 1. The number of hydrogen-bond donors (Lipinski definition) is 1. The molecule has 1 N–H and O–H groups in total. The second-order valence-electron chi connectivity index (χ2n) is 10.5. The number of fused-ring (bicyclic) bond motifs is 1. The zero-order valence-electron chi connectivity index (χ0n) is 22.4. The van der Waals surface area contributed by atoms with Gasteiger partial charge in [0.2, 0.25) is 5.88 Å². The summed E-state index contributed by atoms with van der Waals surface area (Å²) in [6, 6.07) is 8.94. The summed E-state index contributed by atoms with van der Waals surface area (Å²) >= 11 is 0. The van der Waals surface area contributed by atoms with Crippen molar-refractivity contribution in [1.29, 1.82) is 0 Å².